The van der Waals surface area contributed by atoms with Crippen molar-refractivity contribution >= 4 is 44.6 Å². The second-order valence-corrected chi connectivity index (χ2v) is 8.44. The third kappa shape index (κ3) is 4.94. The summed E-state index contributed by atoms with van der Waals surface area (Å²) >= 11 is 5.82. The molecule has 154 valence electrons. The molecular formula is C20H16ClN3O5S. The summed E-state index contributed by atoms with van der Waals surface area (Å²) in [6.45, 7) is 1.61. The van der Waals surface area contributed by atoms with E-state index in [0.717, 1.165) is 0 Å². The summed E-state index contributed by atoms with van der Waals surface area (Å²) in [6, 6.07) is 15.8. The molecule has 8 nitrogen and oxygen atoms in total. The van der Waals surface area contributed by atoms with Crippen LogP contribution >= 0.6 is 11.6 Å². The van der Waals surface area contributed by atoms with Crippen molar-refractivity contribution in [2.45, 2.75) is 11.8 Å². The molecule has 0 saturated heterocycles. The molecular weight excluding hydrogens is 430 g/mol. The van der Waals surface area contributed by atoms with Crippen molar-refractivity contribution in [1.82, 2.24) is 0 Å². The third-order valence-electron chi connectivity index (χ3n) is 4.15. The van der Waals surface area contributed by atoms with Crippen LogP contribution in [0.4, 0.5) is 17.1 Å². The van der Waals surface area contributed by atoms with Gasteiger partial charge in [-0.05, 0) is 55.0 Å². The van der Waals surface area contributed by atoms with Crippen molar-refractivity contribution in [3.63, 3.8) is 0 Å². The summed E-state index contributed by atoms with van der Waals surface area (Å²) in [5.41, 5.74) is 0.905. The lowest BCUT2D eigenvalue weighted by Crippen LogP contribution is -2.17. The van der Waals surface area contributed by atoms with E-state index in [2.05, 4.69) is 10.0 Å². The lowest BCUT2D eigenvalue weighted by atomic mass is 10.1. The van der Waals surface area contributed by atoms with Crippen LogP contribution in [0.3, 0.4) is 0 Å². The highest BCUT2D eigenvalue weighted by atomic mass is 35.5. The molecule has 0 spiro atoms. The number of nitro benzene ring substituents is 1. The van der Waals surface area contributed by atoms with E-state index in [1.54, 1.807) is 19.1 Å². The fourth-order valence-corrected chi connectivity index (χ4v) is 4.12. The van der Waals surface area contributed by atoms with Crippen LogP contribution in [0, 0.1) is 17.0 Å². The highest BCUT2D eigenvalue weighted by Gasteiger charge is 2.20. The number of nitro groups is 1. The zero-order valence-electron chi connectivity index (χ0n) is 15.6. The van der Waals surface area contributed by atoms with Crippen molar-refractivity contribution in [1.29, 1.82) is 0 Å². The van der Waals surface area contributed by atoms with E-state index in [9.17, 15) is 23.3 Å². The van der Waals surface area contributed by atoms with Crippen LogP contribution in [-0.2, 0) is 10.0 Å². The number of carbonyl (C=O) groups excluding carboxylic acids is 1. The lowest BCUT2D eigenvalue weighted by Gasteiger charge is -2.12. The Morgan fingerprint density at radius 3 is 2.37 bits per heavy atom. The smallest absolute Gasteiger partial charge is 0.271 e. The van der Waals surface area contributed by atoms with Gasteiger partial charge in [0.2, 0.25) is 0 Å². The van der Waals surface area contributed by atoms with E-state index in [-0.39, 0.29) is 21.8 Å². The second-order valence-electron chi connectivity index (χ2n) is 6.35. The number of hydrogen-bond donors (Lipinski definition) is 2. The molecule has 0 aromatic heterocycles. The monoisotopic (exact) mass is 445 g/mol. The molecule has 30 heavy (non-hydrogen) atoms. The molecule has 1 amide bonds. The van der Waals surface area contributed by atoms with Crippen molar-refractivity contribution in [3.8, 4) is 0 Å². The van der Waals surface area contributed by atoms with Gasteiger partial charge in [-0.25, -0.2) is 8.42 Å². The van der Waals surface area contributed by atoms with E-state index >= 15 is 0 Å². The van der Waals surface area contributed by atoms with E-state index in [0.29, 0.717) is 16.3 Å². The van der Waals surface area contributed by atoms with Gasteiger partial charge in [-0.15, -0.1) is 0 Å². The molecule has 0 fully saturated rings. The highest BCUT2D eigenvalue weighted by Crippen LogP contribution is 2.23. The van der Waals surface area contributed by atoms with E-state index < -0.39 is 20.9 Å². The first kappa shape index (κ1) is 21.3. The van der Waals surface area contributed by atoms with Crippen LogP contribution < -0.4 is 10.0 Å². The number of rotatable bonds is 6. The Bertz CT molecular complexity index is 1230. The normalized spacial score (nSPS) is 11.0. The first-order valence-corrected chi connectivity index (χ1v) is 10.5. The first-order valence-electron chi connectivity index (χ1n) is 8.60. The zero-order chi connectivity index (χ0) is 21.9. The van der Waals surface area contributed by atoms with Crippen LogP contribution in [0.5, 0.6) is 0 Å². The number of aryl methyl sites for hydroxylation is 1. The fourth-order valence-electron chi connectivity index (χ4n) is 2.66. The molecule has 3 aromatic carbocycles. The molecule has 10 heteroatoms. The zero-order valence-corrected chi connectivity index (χ0v) is 17.2. The molecule has 3 rings (SSSR count). The van der Waals surface area contributed by atoms with E-state index in [4.69, 9.17) is 11.6 Å². The lowest BCUT2D eigenvalue weighted by molar-refractivity contribution is -0.384. The highest BCUT2D eigenvalue weighted by molar-refractivity contribution is 7.92. The molecule has 0 heterocycles. The van der Waals surface area contributed by atoms with Gasteiger partial charge in [0.05, 0.1) is 9.82 Å². The average Bonchev–Trinajstić information content (AvgIpc) is 2.70. The Morgan fingerprint density at radius 2 is 1.70 bits per heavy atom. The number of halogens is 1. The quantitative estimate of drug-likeness (QED) is 0.424. The molecule has 0 aliphatic carbocycles. The molecule has 0 radical (unpaired) electrons. The van der Waals surface area contributed by atoms with Gasteiger partial charge in [0, 0.05) is 34.1 Å². The number of amides is 1. The van der Waals surface area contributed by atoms with Crippen molar-refractivity contribution < 1.29 is 18.1 Å². The molecule has 0 aliphatic rings. The number of carbonyl (C=O) groups is 1. The Labute approximate surface area is 177 Å². The maximum Gasteiger partial charge on any atom is 0.271 e. The van der Waals surface area contributed by atoms with Gasteiger partial charge in [0.1, 0.15) is 0 Å². The Kier molecular flexibility index (Phi) is 6.04. The predicted octanol–water partition coefficient (Wildman–Crippen LogP) is 4.61. The average molecular weight is 446 g/mol. The third-order valence-corrected chi connectivity index (χ3v) is 5.93. The van der Waals surface area contributed by atoms with Crippen molar-refractivity contribution in [3.05, 3.63) is 93.0 Å². The number of hydrogen-bond acceptors (Lipinski definition) is 5. The molecule has 2 N–H and O–H groups in total. The Balaban J connectivity index is 1.87. The van der Waals surface area contributed by atoms with Crippen LogP contribution in [0.1, 0.15) is 15.9 Å². The summed E-state index contributed by atoms with van der Waals surface area (Å²) in [4.78, 5) is 22.8. The van der Waals surface area contributed by atoms with E-state index in [1.165, 1.54) is 54.6 Å². The number of sulfonamides is 1. The molecule has 0 bridgehead atoms. The van der Waals surface area contributed by atoms with Crippen molar-refractivity contribution in [2.75, 3.05) is 10.0 Å². The summed E-state index contributed by atoms with van der Waals surface area (Å²) in [5.74, 6) is -0.599. The standard InChI is InChI=1S/C20H16ClN3O5S/c1-13-5-6-14(20(25)22-17-3-2-4-18(12-17)24(26)27)11-19(13)30(28,29)23-16-9-7-15(21)8-10-16/h2-12,23H,1H3,(H,22,25). The number of benzene rings is 3. The Morgan fingerprint density at radius 1 is 1.00 bits per heavy atom. The fraction of sp³-hybridized carbons (Fsp3) is 0.0500. The number of nitrogens with one attached hydrogen (secondary N) is 2. The topological polar surface area (TPSA) is 118 Å². The summed E-state index contributed by atoms with van der Waals surface area (Å²) in [6.07, 6.45) is 0. The Hall–Kier alpha value is -3.43. The predicted molar refractivity (Wildman–Crippen MR) is 114 cm³/mol. The number of non-ortho nitro benzene ring substituents is 1. The molecule has 3 aromatic rings. The van der Waals surface area contributed by atoms with Gasteiger partial charge in [-0.2, -0.15) is 0 Å². The second kappa shape index (κ2) is 8.52. The van der Waals surface area contributed by atoms with Gasteiger partial charge >= 0.3 is 0 Å². The van der Waals surface area contributed by atoms with Gasteiger partial charge < -0.3 is 5.32 Å². The summed E-state index contributed by atoms with van der Waals surface area (Å²) in [7, 11) is -3.97. The molecule has 0 aliphatic heterocycles. The molecule has 0 unspecified atom stereocenters. The van der Waals surface area contributed by atoms with E-state index in [1.807, 2.05) is 0 Å². The molecule has 0 atom stereocenters. The minimum absolute atomic E-state index is 0.0656. The van der Waals surface area contributed by atoms with Crippen LogP contribution in [-0.4, -0.2) is 19.2 Å². The van der Waals surface area contributed by atoms with Crippen LogP contribution in [0.15, 0.2) is 71.6 Å². The van der Waals surface area contributed by atoms with Crippen molar-refractivity contribution in [2.24, 2.45) is 0 Å². The minimum atomic E-state index is -3.97. The van der Waals surface area contributed by atoms with Gasteiger partial charge in [0.25, 0.3) is 21.6 Å². The number of nitrogens with zero attached hydrogens (tertiary/aromatic N) is 1. The first-order chi connectivity index (χ1) is 14.2. The summed E-state index contributed by atoms with van der Waals surface area (Å²) in [5, 5.41) is 13.9. The van der Waals surface area contributed by atoms with Crippen LogP contribution in [0.2, 0.25) is 5.02 Å². The maximum absolute atomic E-state index is 12.8. The largest absolute Gasteiger partial charge is 0.322 e. The van der Waals surface area contributed by atoms with Gasteiger partial charge in [-0.3, -0.25) is 19.6 Å². The van der Waals surface area contributed by atoms with Crippen LogP contribution in [0.25, 0.3) is 0 Å². The van der Waals surface area contributed by atoms with Gasteiger partial charge in [0.15, 0.2) is 0 Å². The maximum atomic E-state index is 12.8. The SMILES string of the molecule is Cc1ccc(C(=O)Nc2cccc([N+](=O)[O-])c2)cc1S(=O)(=O)Nc1ccc(Cl)cc1. The number of anilines is 2. The van der Waals surface area contributed by atoms with Gasteiger partial charge in [-0.1, -0.05) is 23.7 Å². The minimum Gasteiger partial charge on any atom is -0.322 e. The summed E-state index contributed by atoms with van der Waals surface area (Å²) < 4.78 is 28.1. The molecule has 0 saturated carbocycles.